The molecule has 9 heavy (non-hydrogen) atoms. The minimum Gasteiger partial charge on any atom is -0.312 e. The second kappa shape index (κ2) is 2.70. The Morgan fingerprint density at radius 2 is 1.44 bits per heavy atom. The van der Waals surface area contributed by atoms with Crippen molar-refractivity contribution in [3.63, 3.8) is 0 Å². The zero-order valence-corrected chi connectivity index (χ0v) is 6.65. The maximum absolute atomic E-state index is 3.51. The maximum Gasteiger partial charge on any atom is 0.00437 e. The smallest absolute Gasteiger partial charge is 0.00437 e. The summed E-state index contributed by atoms with van der Waals surface area (Å²) in [5, 5.41) is 3.51. The molecule has 1 aliphatic heterocycles. The molecule has 1 nitrogen and oxygen atoms in total. The van der Waals surface area contributed by atoms with Crippen LogP contribution < -0.4 is 5.32 Å². The van der Waals surface area contributed by atoms with Crippen LogP contribution in [0.2, 0.25) is 0 Å². The summed E-state index contributed by atoms with van der Waals surface area (Å²) >= 11 is 0. The van der Waals surface area contributed by atoms with Gasteiger partial charge in [0.1, 0.15) is 0 Å². The lowest BCUT2D eigenvalue weighted by atomic mass is 9.91. The number of rotatable bonds is 0. The zero-order valence-electron chi connectivity index (χ0n) is 6.65. The first-order valence-corrected chi connectivity index (χ1v) is 3.94. The summed E-state index contributed by atoms with van der Waals surface area (Å²) < 4.78 is 0. The fraction of sp³-hybridized carbons (Fsp3) is 1.00. The van der Waals surface area contributed by atoms with Crippen LogP contribution in [0.25, 0.3) is 0 Å². The van der Waals surface area contributed by atoms with Gasteiger partial charge in [0.2, 0.25) is 0 Å². The molecule has 0 aromatic rings. The van der Waals surface area contributed by atoms with E-state index in [0.717, 1.165) is 18.0 Å². The number of hydrogen-bond donors (Lipinski definition) is 1. The molecule has 1 saturated heterocycles. The van der Waals surface area contributed by atoms with Gasteiger partial charge in [-0.25, -0.2) is 0 Å². The number of nitrogens with one attached hydrogen (secondary N) is 1. The van der Waals surface area contributed by atoms with E-state index in [1.54, 1.807) is 0 Å². The number of piperidine rings is 1. The lowest BCUT2D eigenvalue weighted by Crippen LogP contribution is -2.41. The highest BCUT2D eigenvalue weighted by Gasteiger charge is 2.18. The summed E-state index contributed by atoms with van der Waals surface area (Å²) in [6, 6.07) is 1.48. The molecular weight excluding hydrogens is 110 g/mol. The van der Waals surface area contributed by atoms with E-state index in [4.69, 9.17) is 0 Å². The van der Waals surface area contributed by atoms with Crippen LogP contribution in [-0.4, -0.2) is 12.1 Å². The van der Waals surface area contributed by atoms with Crippen molar-refractivity contribution < 1.29 is 0 Å². The molecule has 1 aliphatic rings. The molecule has 0 spiro atoms. The summed E-state index contributed by atoms with van der Waals surface area (Å²) in [4.78, 5) is 0. The highest BCUT2D eigenvalue weighted by Crippen LogP contribution is 2.18. The summed E-state index contributed by atoms with van der Waals surface area (Å²) in [7, 11) is 0. The van der Waals surface area contributed by atoms with Gasteiger partial charge in [-0.3, -0.25) is 0 Å². The van der Waals surface area contributed by atoms with E-state index >= 15 is 0 Å². The van der Waals surface area contributed by atoms with Crippen LogP contribution in [0.15, 0.2) is 0 Å². The normalized spacial score (nSPS) is 45.0. The third-order valence-electron chi connectivity index (χ3n) is 2.08. The quantitative estimate of drug-likeness (QED) is 0.523. The van der Waals surface area contributed by atoms with E-state index in [9.17, 15) is 0 Å². The fourth-order valence-corrected chi connectivity index (χ4v) is 1.93. The molecule has 54 valence electrons. The van der Waals surface area contributed by atoms with Crippen molar-refractivity contribution in [3.05, 3.63) is 0 Å². The summed E-state index contributed by atoms with van der Waals surface area (Å²) in [5.41, 5.74) is 0. The van der Waals surface area contributed by atoms with Gasteiger partial charge in [0, 0.05) is 12.1 Å². The molecule has 0 aromatic heterocycles. The van der Waals surface area contributed by atoms with Crippen LogP contribution in [-0.2, 0) is 0 Å². The van der Waals surface area contributed by atoms with Gasteiger partial charge in [-0.15, -0.1) is 0 Å². The third-order valence-corrected chi connectivity index (χ3v) is 2.08. The maximum atomic E-state index is 3.51. The van der Waals surface area contributed by atoms with Crippen molar-refractivity contribution in [2.24, 2.45) is 5.92 Å². The van der Waals surface area contributed by atoms with Crippen LogP contribution in [0.3, 0.4) is 0 Å². The SMILES string of the molecule is CC1C[C@@H](C)N[C@H](C)C1. The van der Waals surface area contributed by atoms with Crippen LogP contribution >= 0.6 is 0 Å². The molecule has 0 saturated carbocycles. The van der Waals surface area contributed by atoms with E-state index < -0.39 is 0 Å². The van der Waals surface area contributed by atoms with Crippen molar-refractivity contribution in [1.82, 2.24) is 5.32 Å². The Balaban J connectivity index is 2.34. The highest BCUT2D eigenvalue weighted by molar-refractivity contribution is 4.77. The van der Waals surface area contributed by atoms with Crippen molar-refractivity contribution in [1.29, 1.82) is 0 Å². The summed E-state index contributed by atoms with van der Waals surface area (Å²) in [6.07, 6.45) is 2.70. The van der Waals surface area contributed by atoms with E-state index in [2.05, 4.69) is 26.1 Å². The van der Waals surface area contributed by atoms with E-state index in [0.29, 0.717) is 0 Å². The first-order valence-electron chi connectivity index (χ1n) is 3.94. The first-order chi connectivity index (χ1) is 4.18. The largest absolute Gasteiger partial charge is 0.312 e. The Kier molecular flexibility index (Phi) is 2.12. The third kappa shape index (κ3) is 1.98. The average molecular weight is 127 g/mol. The molecule has 1 heteroatoms. The van der Waals surface area contributed by atoms with Gasteiger partial charge < -0.3 is 5.32 Å². The van der Waals surface area contributed by atoms with Crippen molar-refractivity contribution in [2.75, 3.05) is 0 Å². The average Bonchev–Trinajstić information content (AvgIpc) is 1.59. The Bertz CT molecular complexity index is 65.5. The molecule has 1 rings (SSSR count). The van der Waals surface area contributed by atoms with Crippen molar-refractivity contribution in [2.45, 2.75) is 45.7 Å². The van der Waals surface area contributed by atoms with Gasteiger partial charge in [0.05, 0.1) is 0 Å². The molecule has 0 unspecified atom stereocenters. The van der Waals surface area contributed by atoms with E-state index in [-0.39, 0.29) is 0 Å². The predicted octanol–water partition coefficient (Wildman–Crippen LogP) is 1.78. The molecule has 1 heterocycles. The first kappa shape index (κ1) is 7.07. The molecule has 1 N–H and O–H groups in total. The molecule has 1 fully saturated rings. The molecule has 0 aliphatic carbocycles. The Morgan fingerprint density at radius 3 is 1.78 bits per heavy atom. The van der Waals surface area contributed by atoms with Gasteiger partial charge in [0.25, 0.3) is 0 Å². The minimum absolute atomic E-state index is 0.740. The zero-order chi connectivity index (χ0) is 6.85. The molecular formula is C8H17N. The summed E-state index contributed by atoms with van der Waals surface area (Å²) in [6.45, 7) is 6.88. The lowest BCUT2D eigenvalue weighted by molar-refractivity contribution is 0.279. The van der Waals surface area contributed by atoms with Gasteiger partial charge in [-0.1, -0.05) is 6.92 Å². The second-order valence-corrected chi connectivity index (χ2v) is 3.55. The molecule has 0 radical (unpaired) electrons. The fourth-order valence-electron chi connectivity index (χ4n) is 1.93. The van der Waals surface area contributed by atoms with Crippen molar-refractivity contribution in [3.8, 4) is 0 Å². The summed E-state index contributed by atoms with van der Waals surface area (Å²) in [5.74, 6) is 0.927. The Morgan fingerprint density at radius 1 is 1.00 bits per heavy atom. The van der Waals surface area contributed by atoms with Crippen molar-refractivity contribution >= 4 is 0 Å². The molecule has 0 bridgehead atoms. The van der Waals surface area contributed by atoms with E-state index in [1.807, 2.05) is 0 Å². The highest BCUT2D eigenvalue weighted by atomic mass is 14.9. The second-order valence-electron chi connectivity index (χ2n) is 3.55. The minimum atomic E-state index is 0.740. The van der Waals surface area contributed by atoms with Gasteiger partial charge in [-0.2, -0.15) is 0 Å². The van der Waals surface area contributed by atoms with Crippen LogP contribution in [0, 0.1) is 5.92 Å². The molecule has 0 aromatic carbocycles. The van der Waals surface area contributed by atoms with E-state index in [1.165, 1.54) is 12.8 Å². The lowest BCUT2D eigenvalue weighted by Gasteiger charge is -2.30. The number of hydrogen-bond acceptors (Lipinski definition) is 1. The molecule has 2 atom stereocenters. The van der Waals surface area contributed by atoms with Gasteiger partial charge in [-0.05, 0) is 32.6 Å². The monoisotopic (exact) mass is 127 g/mol. The predicted molar refractivity (Wildman–Crippen MR) is 40.5 cm³/mol. The van der Waals surface area contributed by atoms with Gasteiger partial charge in [0.15, 0.2) is 0 Å². The van der Waals surface area contributed by atoms with Gasteiger partial charge >= 0.3 is 0 Å². The standard InChI is InChI=1S/C8H17N/c1-6-4-7(2)9-8(3)5-6/h6-9H,4-5H2,1-3H3/t7-,8-/m1/s1. The van der Waals surface area contributed by atoms with Crippen LogP contribution in [0.1, 0.15) is 33.6 Å². The van der Waals surface area contributed by atoms with Crippen LogP contribution in [0.4, 0.5) is 0 Å². The van der Waals surface area contributed by atoms with Crippen LogP contribution in [0.5, 0.6) is 0 Å². The Hall–Kier alpha value is -0.0400. The molecule has 0 amide bonds. The topological polar surface area (TPSA) is 12.0 Å². The Labute approximate surface area is 57.8 Å².